The fraction of sp³-hybridized carbons (Fsp3) is 0.118. The summed E-state index contributed by atoms with van der Waals surface area (Å²) >= 11 is 1.33. The fourth-order valence-corrected chi connectivity index (χ4v) is 2.98. The van der Waals surface area contributed by atoms with Crippen molar-refractivity contribution < 1.29 is 4.79 Å². The zero-order valence-corrected chi connectivity index (χ0v) is 13.2. The van der Waals surface area contributed by atoms with Crippen molar-refractivity contribution in [2.45, 2.75) is 6.42 Å². The maximum Gasteiger partial charge on any atom is 0.258 e. The van der Waals surface area contributed by atoms with Crippen molar-refractivity contribution in [2.24, 2.45) is 5.73 Å². The van der Waals surface area contributed by atoms with Gasteiger partial charge in [-0.1, -0.05) is 30.3 Å². The van der Waals surface area contributed by atoms with E-state index in [1.54, 1.807) is 12.3 Å². The molecule has 5 nitrogen and oxygen atoms in total. The van der Waals surface area contributed by atoms with Crippen LogP contribution in [-0.2, 0) is 6.42 Å². The van der Waals surface area contributed by atoms with Crippen LogP contribution in [0.3, 0.4) is 0 Å². The zero-order chi connectivity index (χ0) is 16.1. The smallest absolute Gasteiger partial charge is 0.258 e. The number of amides is 1. The van der Waals surface area contributed by atoms with E-state index < -0.39 is 5.91 Å². The van der Waals surface area contributed by atoms with E-state index in [1.807, 2.05) is 30.3 Å². The molecule has 0 aliphatic heterocycles. The molecular weight excluding hydrogens is 308 g/mol. The van der Waals surface area contributed by atoms with E-state index in [0.29, 0.717) is 10.8 Å². The van der Waals surface area contributed by atoms with Crippen LogP contribution < -0.4 is 11.1 Å². The molecule has 3 N–H and O–H groups in total. The van der Waals surface area contributed by atoms with Crippen LogP contribution in [0.4, 0.5) is 5.95 Å². The van der Waals surface area contributed by atoms with Gasteiger partial charge in [0.2, 0.25) is 5.95 Å². The minimum atomic E-state index is -0.420. The Balaban J connectivity index is 1.66. The summed E-state index contributed by atoms with van der Waals surface area (Å²) in [5, 5.41) is 3.22. The normalized spacial score (nSPS) is 10.4. The molecule has 0 atom stereocenters. The molecule has 23 heavy (non-hydrogen) atoms. The molecule has 0 unspecified atom stereocenters. The predicted octanol–water partition coefficient (Wildman–Crippen LogP) is 2.96. The molecule has 3 aromatic rings. The van der Waals surface area contributed by atoms with Crippen LogP contribution in [-0.4, -0.2) is 22.4 Å². The number of aromatic nitrogens is 2. The molecule has 0 aliphatic rings. The van der Waals surface area contributed by atoms with Gasteiger partial charge in [-0.2, -0.15) is 0 Å². The van der Waals surface area contributed by atoms with Gasteiger partial charge in [-0.25, -0.2) is 9.97 Å². The van der Waals surface area contributed by atoms with E-state index in [4.69, 9.17) is 5.73 Å². The number of nitrogens with two attached hydrogens (primary N) is 1. The molecule has 2 heterocycles. The number of nitrogens with one attached hydrogen (secondary N) is 1. The Morgan fingerprint density at radius 3 is 2.70 bits per heavy atom. The molecule has 0 spiro atoms. The largest absolute Gasteiger partial charge is 0.365 e. The van der Waals surface area contributed by atoms with E-state index in [-0.39, 0.29) is 0 Å². The third-order valence-electron chi connectivity index (χ3n) is 3.30. The van der Waals surface area contributed by atoms with Gasteiger partial charge in [0.25, 0.3) is 5.91 Å². The quantitative estimate of drug-likeness (QED) is 0.730. The fourth-order valence-electron chi connectivity index (χ4n) is 2.15. The summed E-state index contributed by atoms with van der Waals surface area (Å²) < 4.78 is 0. The van der Waals surface area contributed by atoms with Crippen LogP contribution in [0, 0.1) is 0 Å². The molecule has 0 bridgehead atoms. The SMILES string of the molecule is NC(=O)c1ccc(-c2ccnc(NCCc3ccccc3)n2)s1. The van der Waals surface area contributed by atoms with Gasteiger partial charge in [0, 0.05) is 12.7 Å². The lowest BCUT2D eigenvalue weighted by atomic mass is 10.1. The molecule has 2 aromatic heterocycles. The summed E-state index contributed by atoms with van der Waals surface area (Å²) in [5.74, 6) is 0.156. The summed E-state index contributed by atoms with van der Waals surface area (Å²) in [6.45, 7) is 0.754. The van der Waals surface area contributed by atoms with Gasteiger partial charge in [-0.15, -0.1) is 11.3 Å². The van der Waals surface area contributed by atoms with Gasteiger partial charge in [0.1, 0.15) is 0 Å². The van der Waals surface area contributed by atoms with Crippen molar-refractivity contribution in [1.29, 1.82) is 0 Å². The first kappa shape index (κ1) is 15.2. The number of hydrogen-bond acceptors (Lipinski definition) is 5. The standard InChI is InChI=1S/C17H16N4OS/c18-16(22)15-7-6-14(23-15)13-9-11-20-17(21-13)19-10-8-12-4-2-1-3-5-12/h1-7,9,11H,8,10H2,(H2,18,22)(H,19,20,21). The summed E-state index contributed by atoms with van der Waals surface area (Å²) in [5.41, 5.74) is 7.32. The Morgan fingerprint density at radius 2 is 1.96 bits per heavy atom. The number of anilines is 1. The second-order valence-electron chi connectivity index (χ2n) is 4.96. The van der Waals surface area contributed by atoms with Gasteiger partial charge < -0.3 is 11.1 Å². The number of primary amides is 1. The van der Waals surface area contributed by atoms with Crippen LogP contribution in [0.5, 0.6) is 0 Å². The second-order valence-corrected chi connectivity index (χ2v) is 6.04. The summed E-state index contributed by atoms with van der Waals surface area (Å²) in [6, 6.07) is 15.6. The number of carbonyl (C=O) groups excluding carboxylic acids is 1. The van der Waals surface area contributed by atoms with E-state index in [9.17, 15) is 4.79 Å². The molecule has 0 aliphatic carbocycles. The average molecular weight is 324 g/mol. The van der Waals surface area contributed by atoms with Crippen LogP contribution in [0.2, 0.25) is 0 Å². The lowest BCUT2D eigenvalue weighted by molar-refractivity contribution is 0.100. The summed E-state index contributed by atoms with van der Waals surface area (Å²) in [4.78, 5) is 21.3. The highest BCUT2D eigenvalue weighted by molar-refractivity contribution is 7.17. The molecule has 116 valence electrons. The zero-order valence-electron chi connectivity index (χ0n) is 12.4. The summed E-state index contributed by atoms with van der Waals surface area (Å²) in [6.07, 6.45) is 2.61. The first-order chi connectivity index (χ1) is 11.2. The molecule has 1 aromatic carbocycles. The van der Waals surface area contributed by atoms with Crippen molar-refractivity contribution >= 4 is 23.2 Å². The average Bonchev–Trinajstić information content (AvgIpc) is 3.07. The van der Waals surface area contributed by atoms with E-state index in [0.717, 1.165) is 23.5 Å². The van der Waals surface area contributed by atoms with E-state index >= 15 is 0 Å². The number of thiophene rings is 1. The van der Waals surface area contributed by atoms with Gasteiger partial charge in [-0.05, 0) is 30.2 Å². The van der Waals surface area contributed by atoms with Crippen molar-refractivity contribution in [3.05, 3.63) is 65.2 Å². The van der Waals surface area contributed by atoms with Gasteiger partial charge in [0.15, 0.2) is 0 Å². The molecular formula is C17H16N4OS. The van der Waals surface area contributed by atoms with Gasteiger partial charge >= 0.3 is 0 Å². The van der Waals surface area contributed by atoms with Crippen molar-refractivity contribution in [1.82, 2.24) is 9.97 Å². The van der Waals surface area contributed by atoms with Gasteiger partial charge in [0.05, 0.1) is 15.4 Å². The Hall–Kier alpha value is -2.73. The number of carbonyl (C=O) groups is 1. The molecule has 6 heteroatoms. The molecule has 0 saturated carbocycles. The minimum Gasteiger partial charge on any atom is -0.365 e. The van der Waals surface area contributed by atoms with Crippen molar-refractivity contribution in [2.75, 3.05) is 11.9 Å². The first-order valence-corrected chi connectivity index (χ1v) is 8.05. The van der Waals surface area contributed by atoms with Crippen LogP contribution in [0.15, 0.2) is 54.7 Å². The minimum absolute atomic E-state index is 0.420. The third kappa shape index (κ3) is 3.92. The lowest BCUT2D eigenvalue weighted by Crippen LogP contribution is -2.08. The van der Waals surface area contributed by atoms with E-state index in [2.05, 4.69) is 27.4 Å². The molecule has 3 rings (SSSR count). The molecule has 1 amide bonds. The van der Waals surface area contributed by atoms with Crippen LogP contribution in [0.25, 0.3) is 10.6 Å². The Labute approximate surface area is 138 Å². The summed E-state index contributed by atoms with van der Waals surface area (Å²) in [7, 11) is 0. The highest BCUT2D eigenvalue weighted by atomic mass is 32.1. The van der Waals surface area contributed by atoms with Gasteiger partial charge in [-0.3, -0.25) is 4.79 Å². The second kappa shape index (κ2) is 7.02. The number of rotatable bonds is 6. The Morgan fingerprint density at radius 1 is 1.13 bits per heavy atom. The topological polar surface area (TPSA) is 80.9 Å². The Bertz CT molecular complexity index is 801. The maximum absolute atomic E-state index is 11.2. The first-order valence-electron chi connectivity index (χ1n) is 7.23. The molecule has 0 fully saturated rings. The van der Waals surface area contributed by atoms with Crippen molar-refractivity contribution in [3.63, 3.8) is 0 Å². The van der Waals surface area contributed by atoms with E-state index in [1.165, 1.54) is 16.9 Å². The lowest BCUT2D eigenvalue weighted by Gasteiger charge is -2.06. The Kier molecular flexibility index (Phi) is 4.63. The molecule has 0 radical (unpaired) electrons. The van der Waals surface area contributed by atoms with Crippen molar-refractivity contribution in [3.8, 4) is 10.6 Å². The monoisotopic (exact) mass is 324 g/mol. The molecule has 0 saturated heterocycles. The highest BCUT2D eigenvalue weighted by Crippen LogP contribution is 2.26. The number of nitrogens with zero attached hydrogens (tertiary/aromatic N) is 2. The van der Waals surface area contributed by atoms with Crippen LogP contribution >= 0.6 is 11.3 Å². The third-order valence-corrected chi connectivity index (χ3v) is 4.42. The number of benzene rings is 1. The predicted molar refractivity (Wildman–Crippen MR) is 92.5 cm³/mol. The maximum atomic E-state index is 11.2. The van der Waals surface area contributed by atoms with Crippen LogP contribution in [0.1, 0.15) is 15.2 Å². The number of hydrogen-bond donors (Lipinski definition) is 2. The highest BCUT2D eigenvalue weighted by Gasteiger charge is 2.08.